The molecule has 0 bridgehead atoms. The molecule has 3 rings (SSSR count). The van der Waals surface area contributed by atoms with Gasteiger partial charge in [0.1, 0.15) is 5.52 Å². The summed E-state index contributed by atoms with van der Waals surface area (Å²) in [5.74, 6) is -3.96. The third-order valence-electron chi connectivity index (χ3n) is 3.28. The highest BCUT2D eigenvalue weighted by molar-refractivity contribution is 5.94. The van der Waals surface area contributed by atoms with E-state index in [9.17, 15) is 13.2 Å². The van der Waals surface area contributed by atoms with Crippen LogP contribution in [0.3, 0.4) is 0 Å². The second-order valence-electron chi connectivity index (χ2n) is 4.35. The summed E-state index contributed by atoms with van der Waals surface area (Å²) >= 11 is 0. The van der Waals surface area contributed by atoms with Crippen molar-refractivity contribution in [2.24, 2.45) is 0 Å². The second kappa shape index (κ2) is 4.38. The third kappa shape index (κ3) is 1.74. The monoisotopic (exact) mass is 268 g/mol. The fourth-order valence-corrected chi connectivity index (χ4v) is 2.39. The van der Waals surface area contributed by atoms with Crippen molar-refractivity contribution < 1.29 is 17.9 Å². The lowest BCUT2D eigenvalue weighted by Gasteiger charge is -2.21. The summed E-state index contributed by atoms with van der Waals surface area (Å²) in [6.45, 7) is 0.815. The largest absolute Gasteiger partial charge is 0.387 e. The lowest BCUT2D eigenvalue weighted by atomic mass is 10.0. The number of fused-ring (bicyclic) bond motifs is 2. The van der Waals surface area contributed by atoms with Gasteiger partial charge < -0.3 is 10.1 Å². The van der Waals surface area contributed by atoms with Gasteiger partial charge in [-0.05, 0) is 6.07 Å². The molecule has 1 aliphatic heterocycles. The molecule has 1 N–H and O–H groups in total. The van der Waals surface area contributed by atoms with Gasteiger partial charge in [-0.25, -0.2) is 18.2 Å². The van der Waals surface area contributed by atoms with Gasteiger partial charge in [0.25, 0.3) is 0 Å². The van der Waals surface area contributed by atoms with Gasteiger partial charge >= 0.3 is 0 Å². The van der Waals surface area contributed by atoms with E-state index >= 15 is 0 Å². The second-order valence-corrected chi connectivity index (χ2v) is 4.35. The number of halogens is 3. The van der Waals surface area contributed by atoms with Gasteiger partial charge in [-0.2, -0.15) is 0 Å². The van der Waals surface area contributed by atoms with Crippen molar-refractivity contribution in [3.8, 4) is 0 Å². The molecular formula is C13H11F3N2O. The molecule has 6 heteroatoms. The molecule has 3 nitrogen and oxygen atoms in total. The highest BCUT2D eigenvalue weighted by atomic mass is 19.2. The Morgan fingerprint density at radius 2 is 2.05 bits per heavy atom. The van der Waals surface area contributed by atoms with Crippen molar-refractivity contribution in [3.05, 3.63) is 34.8 Å². The fraction of sp³-hybridized carbons (Fsp3) is 0.308. The van der Waals surface area contributed by atoms with Gasteiger partial charge in [-0.15, -0.1) is 0 Å². The summed E-state index contributed by atoms with van der Waals surface area (Å²) in [5, 5.41) is 3.12. The Morgan fingerprint density at radius 1 is 1.26 bits per heavy atom. The van der Waals surface area contributed by atoms with Gasteiger partial charge in [0.15, 0.2) is 17.5 Å². The van der Waals surface area contributed by atoms with Crippen LogP contribution >= 0.6 is 0 Å². The van der Waals surface area contributed by atoms with Crippen molar-refractivity contribution in [2.45, 2.75) is 13.0 Å². The van der Waals surface area contributed by atoms with E-state index in [1.807, 2.05) is 0 Å². The Hall–Kier alpha value is -1.82. The van der Waals surface area contributed by atoms with Crippen molar-refractivity contribution in [1.29, 1.82) is 0 Å². The number of benzene rings is 1. The van der Waals surface area contributed by atoms with Gasteiger partial charge in [-0.1, -0.05) is 0 Å². The van der Waals surface area contributed by atoms with Crippen LogP contribution in [0.1, 0.15) is 11.3 Å². The number of ether oxygens (including phenoxy) is 1. The Kier molecular flexibility index (Phi) is 2.82. The molecule has 0 saturated carbocycles. The average Bonchev–Trinajstić information content (AvgIpc) is 2.43. The number of nitrogens with one attached hydrogen (secondary N) is 1. The molecule has 0 saturated heterocycles. The van der Waals surface area contributed by atoms with E-state index in [1.165, 1.54) is 0 Å². The minimum atomic E-state index is -1.49. The van der Waals surface area contributed by atoms with Crippen LogP contribution in [0, 0.1) is 17.5 Å². The zero-order chi connectivity index (χ0) is 13.6. The lowest BCUT2D eigenvalue weighted by molar-refractivity contribution is 0.110. The number of pyridine rings is 1. The van der Waals surface area contributed by atoms with Crippen LogP contribution in [0.5, 0.6) is 0 Å². The summed E-state index contributed by atoms with van der Waals surface area (Å²) in [4.78, 5) is 4.12. The van der Waals surface area contributed by atoms with E-state index in [0.29, 0.717) is 31.0 Å². The summed E-state index contributed by atoms with van der Waals surface area (Å²) < 4.78 is 45.8. The van der Waals surface area contributed by atoms with Crippen molar-refractivity contribution in [2.75, 3.05) is 19.0 Å². The van der Waals surface area contributed by atoms with Gasteiger partial charge in [0.2, 0.25) is 0 Å². The van der Waals surface area contributed by atoms with Gasteiger partial charge in [0, 0.05) is 24.4 Å². The maximum absolute atomic E-state index is 13.8. The van der Waals surface area contributed by atoms with E-state index in [2.05, 4.69) is 10.3 Å². The first-order valence-corrected chi connectivity index (χ1v) is 5.88. The molecule has 2 aromatic rings. The summed E-state index contributed by atoms with van der Waals surface area (Å²) in [6, 6.07) is 0.960. The van der Waals surface area contributed by atoms with Crippen LogP contribution in [-0.2, 0) is 17.8 Å². The number of aromatic nitrogens is 1. The number of nitrogens with zero attached hydrogens (tertiary/aromatic N) is 1. The number of hydrogen-bond acceptors (Lipinski definition) is 3. The first-order chi connectivity index (χ1) is 9.13. The maximum atomic E-state index is 13.8. The lowest BCUT2D eigenvalue weighted by Crippen LogP contribution is -2.15. The molecule has 0 aliphatic carbocycles. The molecule has 19 heavy (non-hydrogen) atoms. The predicted molar refractivity (Wildman–Crippen MR) is 64.5 cm³/mol. The summed E-state index contributed by atoms with van der Waals surface area (Å²) in [6.07, 6.45) is 0.526. The van der Waals surface area contributed by atoms with E-state index < -0.39 is 17.5 Å². The fourth-order valence-electron chi connectivity index (χ4n) is 2.39. The van der Waals surface area contributed by atoms with Crippen LogP contribution in [-0.4, -0.2) is 18.6 Å². The number of anilines is 1. The third-order valence-corrected chi connectivity index (χ3v) is 3.28. The zero-order valence-electron chi connectivity index (χ0n) is 10.2. The van der Waals surface area contributed by atoms with Crippen LogP contribution in [0.25, 0.3) is 10.9 Å². The molecule has 1 aliphatic rings. The summed E-state index contributed by atoms with van der Waals surface area (Å²) in [7, 11) is 1.64. The Balaban J connectivity index is 2.43. The number of hydrogen-bond donors (Lipinski definition) is 1. The van der Waals surface area contributed by atoms with E-state index in [1.54, 1.807) is 7.05 Å². The first kappa shape index (κ1) is 12.2. The molecule has 1 aromatic heterocycles. The van der Waals surface area contributed by atoms with Crippen molar-refractivity contribution in [3.63, 3.8) is 0 Å². The number of rotatable bonds is 1. The van der Waals surface area contributed by atoms with E-state index in [-0.39, 0.29) is 10.9 Å². The zero-order valence-corrected chi connectivity index (χ0v) is 10.2. The maximum Gasteiger partial charge on any atom is 0.196 e. The molecule has 2 heterocycles. The average molecular weight is 268 g/mol. The highest BCUT2D eigenvalue weighted by Crippen LogP contribution is 2.33. The van der Waals surface area contributed by atoms with Gasteiger partial charge in [-0.3, -0.25) is 0 Å². The standard InChI is InChI=1S/C13H11F3N2O/c1-17-12-6-4-8(14)10(15)11(16)13(6)18-9-2-3-19-5-7(9)12/h4H,2-3,5H2,1H3,(H,17,18). The Morgan fingerprint density at radius 3 is 2.79 bits per heavy atom. The van der Waals surface area contributed by atoms with Crippen LogP contribution < -0.4 is 5.32 Å². The molecule has 0 spiro atoms. The predicted octanol–water partition coefficient (Wildman–Crippen LogP) is 2.77. The van der Waals surface area contributed by atoms with Crippen molar-refractivity contribution >= 4 is 16.6 Å². The molecule has 0 unspecified atom stereocenters. The van der Waals surface area contributed by atoms with E-state index in [0.717, 1.165) is 11.6 Å². The summed E-state index contributed by atoms with van der Waals surface area (Å²) in [5.41, 5.74) is 1.82. The highest BCUT2D eigenvalue weighted by Gasteiger charge is 2.22. The molecule has 0 atom stereocenters. The van der Waals surface area contributed by atoms with Crippen LogP contribution in [0.15, 0.2) is 6.07 Å². The molecule has 0 amide bonds. The Labute approximate surface area is 107 Å². The molecule has 0 radical (unpaired) electrons. The molecule has 0 fully saturated rings. The van der Waals surface area contributed by atoms with Crippen LogP contribution in [0.2, 0.25) is 0 Å². The molecule has 1 aromatic carbocycles. The van der Waals surface area contributed by atoms with E-state index in [4.69, 9.17) is 4.74 Å². The molecular weight excluding hydrogens is 257 g/mol. The Bertz CT molecular complexity index is 673. The minimum absolute atomic E-state index is 0.149. The van der Waals surface area contributed by atoms with Crippen molar-refractivity contribution in [1.82, 2.24) is 4.98 Å². The quantitative estimate of drug-likeness (QED) is 0.807. The van der Waals surface area contributed by atoms with Crippen LogP contribution in [0.4, 0.5) is 18.9 Å². The normalized spacial score (nSPS) is 14.5. The first-order valence-electron chi connectivity index (χ1n) is 5.88. The SMILES string of the molecule is CNc1c2c(nc3c(F)c(F)c(F)cc13)CCOC2. The smallest absolute Gasteiger partial charge is 0.196 e. The van der Waals surface area contributed by atoms with Gasteiger partial charge in [0.05, 0.1) is 24.6 Å². The minimum Gasteiger partial charge on any atom is -0.387 e. The molecule has 100 valence electrons. The topological polar surface area (TPSA) is 34.2 Å².